The molecule has 0 heterocycles. The van der Waals surface area contributed by atoms with E-state index in [-0.39, 0.29) is 34.3 Å². The summed E-state index contributed by atoms with van der Waals surface area (Å²) in [6, 6.07) is 4.13. The van der Waals surface area contributed by atoms with Crippen molar-refractivity contribution < 1.29 is 8.78 Å². The van der Waals surface area contributed by atoms with Gasteiger partial charge < -0.3 is 5.01 Å². The van der Waals surface area contributed by atoms with Crippen LogP contribution in [0.3, 0.4) is 0 Å². The predicted octanol–water partition coefficient (Wildman–Crippen LogP) is 3.52. The third-order valence-corrected chi connectivity index (χ3v) is 2.62. The fraction of sp³-hybridized carbons (Fsp3) is 0.300. The van der Waals surface area contributed by atoms with Gasteiger partial charge in [-0.05, 0) is 12.1 Å². The lowest BCUT2D eigenvalue weighted by Gasteiger charge is -2.20. The Kier molecular flexibility index (Phi) is 4.94. The van der Waals surface area contributed by atoms with Crippen molar-refractivity contribution in [1.29, 1.82) is 5.26 Å². The maximum atomic E-state index is 12.5. The molecule has 0 amide bonds. The number of nitrogens with zero attached hydrogens (tertiary/aromatic N) is 2. The summed E-state index contributed by atoms with van der Waals surface area (Å²) >= 11 is 11.7. The maximum absolute atomic E-state index is 12.5. The zero-order valence-electron chi connectivity index (χ0n) is 8.63. The average molecular weight is 280 g/mol. The zero-order chi connectivity index (χ0) is 13.0. The van der Waals surface area contributed by atoms with Crippen LogP contribution in [0.2, 0.25) is 10.0 Å². The molecule has 1 rings (SSSR count). The lowest BCUT2D eigenvalue weighted by molar-refractivity contribution is 0.151. The fourth-order valence-electron chi connectivity index (χ4n) is 1.27. The number of hydrazine groups is 1. The maximum Gasteiger partial charge on any atom is 0.263 e. The summed E-state index contributed by atoms with van der Waals surface area (Å²) < 4.78 is 24.9. The first-order valence-corrected chi connectivity index (χ1v) is 5.39. The molecule has 92 valence electrons. The molecular weight excluding hydrogens is 271 g/mol. The van der Waals surface area contributed by atoms with Gasteiger partial charge in [0, 0.05) is 12.1 Å². The molecule has 0 unspecified atom stereocenters. The molecule has 0 bridgehead atoms. The number of nitriles is 1. The van der Waals surface area contributed by atoms with E-state index < -0.39 is 6.43 Å². The normalized spacial score (nSPS) is 10.4. The molecule has 17 heavy (non-hydrogen) atoms. The Morgan fingerprint density at radius 2 is 1.88 bits per heavy atom. The van der Waals surface area contributed by atoms with E-state index in [1.54, 1.807) is 0 Å². The Morgan fingerprint density at radius 3 is 2.29 bits per heavy atom. The molecule has 3 nitrogen and oxygen atoms in total. The summed E-state index contributed by atoms with van der Waals surface area (Å²) in [6.07, 6.45) is -2.47. The largest absolute Gasteiger partial charge is 0.307 e. The van der Waals surface area contributed by atoms with Crippen molar-refractivity contribution in [2.24, 2.45) is 5.84 Å². The van der Waals surface area contributed by atoms with Crippen LogP contribution in [0, 0.1) is 11.3 Å². The van der Waals surface area contributed by atoms with Crippen LogP contribution in [0.1, 0.15) is 18.4 Å². The van der Waals surface area contributed by atoms with Crippen LogP contribution in [0.4, 0.5) is 14.5 Å². The van der Waals surface area contributed by atoms with Crippen LogP contribution >= 0.6 is 23.2 Å². The van der Waals surface area contributed by atoms with E-state index in [0.717, 1.165) is 12.1 Å². The Morgan fingerprint density at radius 1 is 1.35 bits per heavy atom. The van der Waals surface area contributed by atoms with Crippen molar-refractivity contribution in [2.45, 2.75) is 12.8 Å². The topological polar surface area (TPSA) is 53.0 Å². The number of hydrogen-bond acceptors (Lipinski definition) is 3. The van der Waals surface area contributed by atoms with Crippen molar-refractivity contribution in [3.05, 3.63) is 27.7 Å². The van der Waals surface area contributed by atoms with Gasteiger partial charge in [0.05, 0.1) is 28.2 Å². The monoisotopic (exact) mass is 279 g/mol. The molecule has 7 heteroatoms. The van der Waals surface area contributed by atoms with E-state index in [9.17, 15) is 8.78 Å². The molecule has 0 saturated carbocycles. The van der Waals surface area contributed by atoms with E-state index in [2.05, 4.69) is 0 Å². The van der Waals surface area contributed by atoms with Crippen LogP contribution in [0.5, 0.6) is 0 Å². The van der Waals surface area contributed by atoms with Crippen molar-refractivity contribution in [2.75, 3.05) is 11.6 Å². The second kappa shape index (κ2) is 6.01. The highest BCUT2D eigenvalue weighted by Crippen LogP contribution is 2.36. The number of anilines is 1. The molecular formula is C10H9Cl2F2N3. The van der Waals surface area contributed by atoms with Crippen molar-refractivity contribution in [3.63, 3.8) is 0 Å². The Balaban J connectivity index is 3.05. The quantitative estimate of drug-likeness (QED) is 0.678. The third kappa shape index (κ3) is 3.43. The van der Waals surface area contributed by atoms with E-state index in [1.165, 1.54) is 5.01 Å². The first kappa shape index (κ1) is 14.0. The minimum Gasteiger partial charge on any atom is -0.307 e. The van der Waals surface area contributed by atoms with Crippen LogP contribution < -0.4 is 10.9 Å². The van der Waals surface area contributed by atoms with Gasteiger partial charge in [-0.1, -0.05) is 23.2 Å². The fourth-order valence-corrected chi connectivity index (χ4v) is 1.99. The lowest BCUT2D eigenvalue weighted by Crippen LogP contribution is -2.32. The van der Waals surface area contributed by atoms with Crippen molar-refractivity contribution >= 4 is 28.9 Å². The van der Waals surface area contributed by atoms with E-state index in [0.29, 0.717) is 0 Å². The van der Waals surface area contributed by atoms with Gasteiger partial charge in [-0.2, -0.15) is 5.26 Å². The zero-order valence-corrected chi connectivity index (χ0v) is 10.1. The third-order valence-electron chi connectivity index (χ3n) is 2.04. The highest BCUT2D eigenvalue weighted by atomic mass is 35.5. The van der Waals surface area contributed by atoms with E-state index in [4.69, 9.17) is 34.3 Å². The van der Waals surface area contributed by atoms with Crippen LogP contribution in [0.25, 0.3) is 0 Å². The predicted molar refractivity (Wildman–Crippen MR) is 63.2 cm³/mol. The summed E-state index contributed by atoms with van der Waals surface area (Å²) in [7, 11) is 0. The second-order valence-electron chi connectivity index (χ2n) is 3.24. The van der Waals surface area contributed by atoms with Gasteiger partial charge in [0.25, 0.3) is 6.43 Å². The standard InChI is InChI=1S/C10H9Cl2F2N3/c11-7-4-6(10(13)14)5-8(12)9(7)17(16)3-1-2-15/h4-5,10H,1,3,16H2. The number of alkyl halides is 2. The second-order valence-corrected chi connectivity index (χ2v) is 4.05. The van der Waals surface area contributed by atoms with Crippen LogP contribution in [0.15, 0.2) is 12.1 Å². The van der Waals surface area contributed by atoms with Gasteiger partial charge >= 0.3 is 0 Å². The minimum atomic E-state index is -2.65. The van der Waals surface area contributed by atoms with Gasteiger partial charge in [-0.15, -0.1) is 0 Å². The molecule has 1 aromatic rings. The van der Waals surface area contributed by atoms with E-state index >= 15 is 0 Å². The first-order chi connectivity index (χ1) is 7.97. The lowest BCUT2D eigenvalue weighted by atomic mass is 10.2. The van der Waals surface area contributed by atoms with Crippen molar-refractivity contribution in [3.8, 4) is 6.07 Å². The van der Waals surface area contributed by atoms with Gasteiger partial charge in [-0.25, -0.2) is 14.6 Å². The van der Waals surface area contributed by atoms with Crippen molar-refractivity contribution in [1.82, 2.24) is 0 Å². The molecule has 0 aliphatic heterocycles. The smallest absolute Gasteiger partial charge is 0.263 e. The number of halogens is 4. The molecule has 0 radical (unpaired) electrons. The molecule has 0 saturated heterocycles. The number of nitrogens with two attached hydrogens (primary N) is 1. The average Bonchev–Trinajstić information content (AvgIpc) is 2.25. The Hall–Kier alpha value is -1.09. The molecule has 1 aromatic carbocycles. The molecule has 2 N–H and O–H groups in total. The molecule has 0 spiro atoms. The molecule has 0 aliphatic rings. The van der Waals surface area contributed by atoms with Crippen LogP contribution in [-0.4, -0.2) is 6.54 Å². The highest BCUT2D eigenvalue weighted by molar-refractivity contribution is 6.39. The van der Waals surface area contributed by atoms with E-state index in [1.807, 2.05) is 6.07 Å². The molecule has 0 aliphatic carbocycles. The van der Waals surface area contributed by atoms with Gasteiger partial charge in [0.2, 0.25) is 0 Å². The van der Waals surface area contributed by atoms with Crippen LogP contribution in [-0.2, 0) is 0 Å². The molecule has 0 atom stereocenters. The summed E-state index contributed by atoms with van der Waals surface area (Å²) in [5.74, 6) is 5.63. The summed E-state index contributed by atoms with van der Waals surface area (Å²) in [6.45, 7) is 0.212. The minimum absolute atomic E-state index is 0.0354. The summed E-state index contributed by atoms with van der Waals surface area (Å²) in [4.78, 5) is 0. The Labute approximate surface area is 107 Å². The Bertz CT molecular complexity index is 423. The molecule has 0 fully saturated rings. The SMILES string of the molecule is N#CCCN(N)c1c(Cl)cc(C(F)F)cc1Cl. The van der Waals surface area contributed by atoms with Gasteiger partial charge in [0.15, 0.2) is 0 Å². The number of rotatable bonds is 4. The first-order valence-electron chi connectivity index (χ1n) is 4.63. The molecule has 0 aromatic heterocycles. The van der Waals surface area contributed by atoms with Gasteiger partial charge in [-0.3, -0.25) is 0 Å². The van der Waals surface area contributed by atoms with Gasteiger partial charge in [0.1, 0.15) is 0 Å². The number of hydrogen-bond donors (Lipinski definition) is 1. The summed E-state index contributed by atoms with van der Waals surface area (Å²) in [5, 5.41) is 9.66. The summed E-state index contributed by atoms with van der Waals surface area (Å²) in [5.41, 5.74) is -0.0228. The number of benzene rings is 1. The highest BCUT2D eigenvalue weighted by Gasteiger charge is 2.16.